The summed E-state index contributed by atoms with van der Waals surface area (Å²) in [7, 11) is 0. The van der Waals surface area contributed by atoms with E-state index in [9.17, 15) is 8.78 Å². The van der Waals surface area contributed by atoms with Crippen LogP contribution in [0.4, 0.5) is 19.0 Å². The summed E-state index contributed by atoms with van der Waals surface area (Å²) in [5, 5.41) is 5.07. The number of anilines is 1. The van der Waals surface area contributed by atoms with Crippen molar-refractivity contribution < 1.29 is 17.9 Å². The highest BCUT2D eigenvalue weighted by Crippen LogP contribution is 2.42. The van der Waals surface area contributed by atoms with Gasteiger partial charge in [-0.15, -0.1) is 24.8 Å². The van der Waals surface area contributed by atoms with Crippen LogP contribution in [0.15, 0.2) is 36.5 Å². The molecule has 7 nitrogen and oxygen atoms in total. The second kappa shape index (κ2) is 11.9. The van der Waals surface area contributed by atoms with Crippen molar-refractivity contribution in [1.29, 1.82) is 0 Å². The summed E-state index contributed by atoms with van der Waals surface area (Å²) in [4.78, 5) is 18.2. The average Bonchev–Trinajstić information content (AvgIpc) is 3.64. The molecule has 4 fully saturated rings. The number of fused-ring (bicyclic) bond motifs is 5. The Labute approximate surface area is 270 Å². The molecule has 4 atom stereocenters. The lowest BCUT2D eigenvalue weighted by Gasteiger charge is -2.34. The molecule has 4 aliphatic heterocycles. The number of nitrogens with zero attached hydrogens (tertiary/aromatic N) is 5. The predicted molar refractivity (Wildman–Crippen MR) is 170 cm³/mol. The van der Waals surface area contributed by atoms with Gasteiger partial charge in [-0.1, -0.05) is 35.9 Å². The molecule has 0 spiro atoms. The molecule has 2 unspecified atom stereocenters. The first-order valence-electron chi connectivity index (χ1n) is 14.6. The van der Waals surface area contributed by atoms with Crippen molar-refractivity contribution in [2.24, 2.45) is 0 Å². The van der Waals surface area contributed by atoms with Crippen LogP contribution in [0.2, 0.25) is 5.02 Å². The molecule has 0 amide bonds. The number of hydrogen-bond donors (Lipinski definition) is 1. The van der Waals surface area contributed by atoms with Crippen molar-refractivity contribution in [1.82, 2.24) is 25.2 Å². The van der Waals surface area contributed by atoms with E-state index in [1.54, 1.807) is 30.5 Å². The summed E-state index contributed by atoms with van der Waals surface area (Å²) >= 11 is 6.38. The quantitative estimate of drug-likeness (QED) is 0.260. The molecule has 2 bridgehead atoms. The van der Waals surface area contributed by atoms with Crippen LogP contribution in [0.1, 0.15) is 32.1 Å². The van der Waals surface area contributed by atoms with Crippen LogP contribution < -0.4 is 15.0 Å². The highest BCUT2D eigenvalue weighted by Gasteiger charge is 2.49. The predicted octanol–water partition coefficient (Wildman–Crippen LogP) is 6.52. The van der Waals surface area contributed by atoms with E-state index in [-0.39, 0.29) is 53.7 Å². The SMILES string of the molecule is Cl.Cl.Fc1ccc2cccc(-c3ncc4c(N5C[C@H]6CC[C@@H](C5)N6)nc(OCC56CCCN5CC(F)C6)nc4c3F)c2c1Cl. The van der Waals surface area contributed by atoms with Crippen LogP contribution in [0.25, 0.3) is 32.9 Å². The number of hydrogen-bond acceptors (Lipinski definition) is 7. The van der Waals surface area contributed by atoms with Gasteiger partial charge < -0.3 is 15.0 Å². The number of halogens is 6. The van der Waals surface area contributed by atoms with E-state index in [2.05, 4.69) is 25.1 Å². The Morgan fingerprint density at radius 1 is 1.05 bits per heavy atom. The summed E-state index contributed by atoms with van der Waals surface area (Å²) in [6, 6.07) is 8.86. The molecule has 2 aromatic heterocycles. The van der Waals surface area contributed by atoms with E-state index >= 15 is 4.39 Å². The summed E-state index contributed by atoms with van der Waals surface area (Å²) in [5.41, 5.74) is 0.0801. The first-order valence-corrected chi connectivity index (χ1v) is 15.0. The Morgan fingerprint density at radius 2 is 1.84 bits per heavy atom. The van der Waals surface area contributed by atoms with Crippen molar-refractivity contribution in [3.8, 4) is 17.3 Å². The van der Waals surface area contributed by atoms with E-state index in [0.29, 0.717) is 52.6 Å². The largest absolute Gasteiger partial charge is 0.461 e. The molecular formula is C31H32Cl3F3N6O. The second-order valence-electron chi connectivity index (χ2n) is 12.2. The maximum Gasteiger partial charge on any atom is 0.319 e. The highest BCUT2D eigenvalue weighted by molar-refractivity contribution is 6.36. The van der Waals surface area contributed by atoms with Gasteiger partial charge in [0.2, 0.25) is 0 Å². The molecule has 2 aromatic carbocycles. The molecule has 13 heteroatoms. The number of aromatic nitrogens is 3. The Balaban J connectivity index is 0.00000171. The molecule has 44 heavy (non-hydrogen) atoms. The lowest BCUT2D eigenvalue weighted by molar-refractivity contribution is 0.107. The standard InChI is InChI=1S/C31H30ClF3N6O.2ClH/c32-25-23(34)8-5-17-3-1-4-21(24(17)25)27-26(35)28-22(12-36-27)29(40-14-19-6-7-20(15-40)37-19)39-30(38-28)42-16-31-9-2-10-41(31)13-18(33)11-31;;/h1,3-5,8,12,18-20,37H,2,6-7,9-11,13-16H2;2*1H/t18?,19-,20+,31?;;. The normalized spacial score (nSPS) is 26.1. The maximum absolute atomic E-state index is 16.6. The van der Waals surface area contributed by atoms with Crippen LogP contribution in [0.5, 0.6) is 6.01 Å². The van der Waals surface area contributed by atoms with Crippen molar-refractivity contribution in [3.63, 3.8) is 0 Å². The molecule has 4 aliphatic rings. The van der Waals surface area contributed by atoms with Crippen LogP contribution >= 0.6 is 36.4 Å². The molecule has 4 saturated heterocycles. The minimum Gasteiger partial charge on any atom is -0.461 e. The van der Waals surface area contributed by atoms with Gasteiger partial charge in [0.05, 0.1) is 15.9 Å². The zero-order valence-corrected chi connectivity index (χ0v) is 26.1. The van der Waals surface area contributed by atoms with E-state index in [1.807, 2.05) is 0 Å². The van der Waals surface area contributed by atoms with Crippen molar-refractivity contribution in [2.45, 2.75) is 55.9 Å². The Hall–Kier alpha value is -2.63. The van der Waals surface area contributed by atoms with E-state index < -0.39 is 23.3 Å². The number of piperazine rings is 1. The summed E-state index contributed by atoms with van der Waals surface area (Å²) < 4.78 is 51.7. The number of ether oxygens (including phenoxy) is 1. The topological polar surface area (TPSA) is 66.4 Å². The van der Waals surface area contributed by atoms with Gasteiger partial charge >= 0.3 is 6.01 Å². The van der Waals surface area contributed by atoms with E-state index in [4.69, 9.17) is 21.3 Å². The number of pyridine rings is 1. The summed E-state index contributed by atoms with van der Waals surface area (Å²) in [6.45, 7) is 2.95. The van der Waals surface area contributed by atoms with Crippen LogP contribution in [-0.4, -0.2) is 76.4 Å². The van der Waals surface area contributed by atoms with Gasteiger partial charge in [0, 0.05) is 55.3 Å². The Morgan fingerprint density at radius 3 is 2.64 bits per heavy atom. The fourth-order valence-corrected chi connectivity index (χ4v) is 7.91. The third-order valence-corrected chi connectivity index (χ3v) is 9.95. The Kier molecular flexibility index (Phi) is 8.51. The van der Waals surface area contributed by atoms with E-state index in [0.717, 1.165) is 45.3 Å². The fraction of sp³-hybridized carbons (Fsp3) is 0.452. The maximum atomic E-state index is 16.6. The summed E-state index contributed by atoms with van der Waals surface area (Å²) in [6.07, 6.45) is 5.09. The number of rotatable bonds is 5. The van der Waals surface area contributed by atoms with Crippen molar-refractivity contribution >= 4 is 63.9 Å². The van der Waals surface area contributed by atoms with Crippen LogP contribution in [0.3, 0.4) is 0 Å². The molecular weight excluding hydrogens is 636 g/mol. The van der Waals surface area contributed by atoms with Crippen molar-refractivity contribution in [2.75, 3.05) is 37.7 Å². The lowest BCUT2D eigenvalue weighted by Crippen LogP contribution is -2.51. The molecule has 4 aromatic rings. The van der Waals surface area contributed by atoms with Gasteiger partial charge in [-0.3, -0.25) is 9.88 Å². The van der Waals surface area contributed by atoms with Gasteiger partial charge in [-0.25, -0.2) is 13.2 Å². The van der Waals surface area contributed by atoms with Crippen molar-refractivity contribution in [3.05, 3.63) is 53.2 Å². The summed E-state index contributed by atoms with van der Waals surface area (Å²) in [5.74, 6) is -0.671. The number of alkyl halides is 1. The molecule has 0 radical (unpaired) electrons. The third kappa shape index (κ3) is 5.12. The first kappa shape index (κ1) is 31.4. The van der Waals surface area contributed by atoms with Gasteiger partial charge in [-0.05, 0) is 43.7 Å². The molecule has 0 saturated carbocycles. The minimum atomic E-state index is -0.887. The van der Waals surface area contributed by atoms with Gasteiger partial charge in [-0.2, -0.15) is 9.97 Å². The molecule has 1 N–H and O–H groups in total. The zero-order valence-electron chi connectivity index (χ0n) is 23.7. The number of nitrogens with one attached hydrogen (secondary N) is 1. The zero-order chi connectivity index (χ0) is 28.6. The second-order valence-corrected chi connectivity index (χ2v) is 12.6. The monoisotopic (exact) mass is 666 g/mol. The Bertz CT molecular complexity index is 1720. The van der Waals surface area contributed by atoms with Crippen LogP contribution in [0, 0.1) is 11.6 Å². The fourth-order valence-electron chi connectivity index (χ4n) is 7.64. The average molecular weight is 668 g/mol. The highest BCUT2D eigenvalue weighted by atomic mass is 35.5. The lowest BCUT2D eigenvalue weighted by atomic mass is 9.95. The smallest absolute Gasteiger partial charge is 0.319 e. The third-order valence-electron chi connectivity index (χ3n) is 9.58. The molecule has 0 aliphatic carbocycles. The van der Waals surface area contributed by atoms with Gasteiger partial charge in [0.1, 0.15) is 35.6 Å². The molecule has 8 rings (SSSR count). The first-order chi connectivity index (χ1) is 20.4. The molecule has 234 valence electrons. The van der Waals surface area contributed by atoms with Gasteiger partial charge in [0.25, 0.3) is 0 Å². The number of benzene rings is 2. The van der Waals surface area contributed by atoms with E-state index in [1.165, 1.54) is 6.07 Å². The van der Waals surface area contributed by atoms with Gasteiger partial charge in [0.15, 0.2) is 5.82 Å². The van der Waals surface area contributed by atoms with Crippen LogP contribution in [-0.2, 0) is 0 Å². The minimum absolute atomic E-state index is 0. The molecule has 6 heterocycles.